The Labute approximate surface area is 502 Å². The minimum Gasteiger partial charge on any atom is -0.462 e. The van der Waals surface area contributed by atoms with Gasteiger partial charge in [0.25, 0.3) is 0 Å². The number of phosphoric acid groups is 1. The summed E-state index contributed by atoms with van der Waals surface area (Å²) >= 11 is 0. The predicted octanol–water partition coefficient (Wildman–Crippen LogP) is 20.6. The van der Waals surface area contributed by atoms with Gasteiger partial charge in [0.05, 0.1) is 19.8 Å². The molecule has 82 heavy (non-hydrogen) atoms. The van der Waals surface area contributed by atoms with Crippen molar-refractivity contribution in [2.75, 3.05) is 26.4 Å². The highest BCUT2D eigenvalue weighted by Gasteiger charge is 2.28. The lowest BCUT2D eigenvalue weighted by Gasteiger charge is -2.21. The molecule has 0 radical (unpaired) electrons. The van der Waals surface area contributed by atoms with Gasteiger partial charge in [-0.05, 0) is 89.9 Å². The average Bonchev–Trinajstić information content (AvgIpc) is 3.50. The van der Waals surface area contributed by atoms with Gasteiger partial charge in [-0.3, -0.25) is 23.4 Å². The van der Waals surface area contributed by atoms with E-state index in [1.807, 2.05) is 0 Å². The van der Waals surface area contributed by atoms with E-state index in [1.165, 1.54) is 109 Å². The van der Waals surface area contributed by atoms with E-state index in [-0.39, 0.29) is 25.9 Å². The normalized spacial score (nSPS) is 13.8. The highest BCUT2D eigenvalue weighted by molar-refractivity contribution is 7.47. The first kappa shape index (κ1) is 78.7. The molecule has 0 bridgehead atoms. The van der Waals surface area contributed by atoms with Crippen LogP contribution in [0.4, 0.5) is 0 Å². The van der Waals surface area contributed by atoms with Crippen LogP contribution in [0.25, 0.3) is 0 Å². The first-order valence-corrected chi connectivity index (χ1v) is 35.0. The number of hydrogen-bond donors (Lipinski definition) is 2. The Morgan fingerprint density at radius 1 is 0.354 bits per heavy atom. The Kier molecular flexibility index (Phi) is 61.1. The summed E-state index contributed by atoms with van der Waals surface area (Å²) in [6.07, 6.45) is 75.3. The predicted molar refractivity (Wildman–Crippen MR) is 344 cm³/mol. The molecule has 0 aromatic carbocycles. The molecule has 0 heterocycles. The number of ether oxygens (including phenoxy) is 3. The SMILES string of the molecule is CC/C=C\C/C=C\C/C=C\C/C=C\CCCCCCCCC(=O)OC(COC(=O)CCCCCCCCC/C=C\C/C=C\C/C=C\CC)COP(=O)(O)OCC(CO)OC(=O)CCCCCCCCCCCCCCCCCCCCC. The number of phosphoric ester groups is 1. The van der Waals surface area contributed by atoms with Crippen LogP contribution in [0.5, 0.6) is 0 Å². The van der Waals surface area contributed by atoms with E-state index in [2.05, 4.69) is 106 Å². The molecule has 0 amide bonds. The van der Waals surface area contributed by atoms with Crippen molar-refractivity contribution in [1.29, 1.82) is 0 Å². The molecular formula is C70H123O11P. The molecule has 12 heteroatoms. The molecule has 0 fully saturated rings. The minimum absolute atomic E-state index is 0.147. The standard InChI is InChI=1S/C70H123O11P/c1-4-7-10-13-16-19-22-25-28-31-33-36-39-42-45-48-51-54-57-60-69(73)80-66(62-71)64-78-82(75,76)79-65-67(63-77-68(72)59-56-53-50-47-44-41-38-35-30-27-24-21-18-15-12-9-6-3)81-70(74)61-58-55-52-49-46-43-40-37-34-32-29-26-23-20-17-14-11-8-5-2/h8-9,11-12,17-18,20-21,26-27,29-30,34,37,66-67,71H,4-7,10,13-16,19,22-25,28,31-33,35-36,38-65H2,1-3H3,(H,75,76)/b11-8-,12-9-,20-17-,21-18-,29-26-,30-27-,37-34-. The molecule has 11 nitrogen and oxygen atoms in total. The molecule has 0 aliphatic carbocycles. The number of allylic oxidation sites excluding steroid dienone is 14. The molecule has 0 aromatic heterocycles. The van der Waals surface area contributed by atoms with Crippen molar-refractivity contribution in [3.05, 3.63) is 85.1 Å². The lowest BCUT2D eigenvalue weighted by Crippen LogP contribution is -2.30. The van der Waals surface area contributed by atoms with Gasteiger partial charge in [0.2, 0.25) is 0 Å². The second-order valence-corrected chi connectivity index (χ2v) is 23.7. The molecule has 0 rings (SSSR count). The number of carbonyl (C=O) groups excluding carboxylic acids is 3. The van der Waals surface area contributed by atoms with Gasteiger partial charge in [-0.1, -0.05) is 279 Å². The number of unbranched alkanes of at least 4 members (excludes halogenated alkanes) is 31. The Bertz CT molecular complexity index is 1700. The molecule has 0 saturated heterocycles. The van der Waals surface area contributed by atoms with Crippen molar-refractivity contribution in [1.82, 2.24) is 0 Å². The molecule has 0 aliphatic rings. The van der Waals surface area contributed by atoms with Crippen LogP contribution in [0.1, 0.15) is 303 Å². The number of aliphatic hydroxyl groups is 1. The molecule has 3 atom stereocenters. The van der Waals surface area contributed by atoms with Gasteiger partial charge in [0.1, 0.15) is 12.7 Å². The molecule has 0 saturated carbocycles. The van der Waals surface area contributed by atoms with E-state index in [0.29, 0.717) is 19.3 Å². The van der Waals surface area contributed by atoms with Crippen LogP contribution >= 0.6 is 7.82 Å². The fourth-order valence-corrected chi connectivity index (χ4v) is 10.1. The largest absolute Gasteiger partial charge is 0.472 e. The topological polar surface area (TPSA) is 155 Å². The van der Waals surface area contributed by atoms with E-state index >= 15 is 0 Å². The zero-order valence-electron chi connectivity index (χ0n) is 52.7. The third-order valence-electron chi connectivity index (χ3n) is 14.3. The van der Waals surface area contributed by atoms with Crippen molar-refractivity contribution in [2.24, 2.45) is 0 Å². The lowest BCUT2D eigenvalue weighted by molar-refractivity contribution is -0.161. The highest BCUT2D eigenvalue weighted by atomic mass is 31.2. The van der Waals surface area contributed by atoms with Gasteiger partial charge >= 0.3 is 25.7 Å². The first-order valence-electron chi connectivity index (χ1n) is 33.5. The van der Waals surface area contributed by atoms with Crippen LogP contribution in [0, 0.1) is 0 Å². The summed E-state index contributed by atoms with van der Waals surface area (Å²) in [4.78, 5) is 48.8. The second kappa shape index (κ2) is 63.7. The summed E-state index contributed by atoms with van der Waals surface area (Å²) in [5.41, 5.74) is 0. The molecule has 3 unspecified atom stereocenters. The summed E-state index contributed by atoms with van der Waals surface area (Å²) in [5, 5.41) is 9.88. The van der Waals surface area contributed by atoms with E-state index < -0.39 is 57.8 Å². The molecule has 2 N–H and O–H groups in total. The van der Waals surface area contributed by atoms with E-state index in [1.54, 1.807) is 0 Å². The monoisotopic (exact) mass is 1170 g/mol. The van der Waals surface area contributed by atoms with E-state index in [4.69, 9.17) is 23.3 Å². The van der Waals surface area contributed by atoms with Crippen molar-refractivity contribution in [3.8, 4) is 0 Å². The number of carbonyl (C=O) groups is 3. The van der Waals surface area contributed by atoms with Gasteiger partial charge in [-0.2, -0.15) is 0 Å². The Morgan fingerprint density at radius 2 is 0.634 bits per heavy atom. The van der Waals surface area contributed by atoms with Crippen LogP contribution in [0.3, 0.4) is 0 Å². The van der Waals surface area contributed by atoms with Crippen molar-refractivity contribution >= 4 is 25.7 Å². The number of esters is 3. The second-order valence-electron chi connectivity index (χ2n) is 22.2. The first-order chi connectivity index (χ1) is 40.2. The van der Waals surface area contributed by atoms with Crippen LogP contribution < -0.4 is 0 Å². The number of rotatable bonds is 62. The molecule has 0 aliphatic heterocycles. The maximum absolute atomic E-state index is 13.0. The Balaban J connectivity index is 4.69. The smallest absolute Gasteiger partial charge is 0.462 e. The maximum Gasteiger partial charge on any atom is 0.472 e. The quantitative estimate of drug-likeness (QED) is 0.0197. The van der Waals surface area contributed by atoms with Crippen molar-refractivity contribution < 1.29 is 52.2 Å². The minimum atomic E-state index is -4.76. The zero-order valence-corrected chi connectivity index (χ0v) is 53.6. The third-order valence-corrected chi connectivity index (χ3v) is 15.3. The summed E-state index contributed by atoms with van der Waals surface area (Å²) < 4.78 is 39.8. The summed E-state index contributed by atoms with van der Waals surface area (Å²) in [7, 11) is -4.76. The van der Waals surface area contributed by atoms with Crippen LogP contribution in [0.15, 0.2) is 85.1 Å². The summed E-state index contributed by atoms with van der Waals surface area (Å²) in [5.74, 6) is -1.48. The lowest BCUT2D eigenvalue weighted by atomic mass is 10.0. The molecule has 0 aromatic rings. The van der Waals surface area contributed by atoms with Gasteiger partial charge in [-0.15, -0.1) is 0 Å². The third kappa shape index (κ3) is 61.2. The van der Waals surface area contributed by atoms with Gasteiger partial charge in [0.15, 0.2) is 6.10 Å². The van der Waals surface area contributed by atoms with E-state index in [0.717, 1.165) is 135 Å². The number of aliphatic hydroxyl groups excluding tert-OH is 1. The van der Waals surface area contributed by atoms with Crippen molar-refractivity contribution in [2.45, 2.75) is 315 Å². The summed E-state index contributed by atoms with van der Waals surface area (Å²) in [6.45, 7) is 4.45. The average molecular weight is 1170 g/mol. The Morgan fingerprint density at radius 3 is 0.976 bits per heavy atom. The summed E-state index contributed by atoms with van der Waals surface area (Å²) in [6, 6.07) is 0. The maximum atomic E-state index is 13.0. The fourth-order valence-electron chi connectivity index (χ4n) is 9.31. The van der Waals surface area contributed by atoms with Crippen LogP contribution in [-0.2, 0) is 42.2 Å². The van der Waals surface area contributed by atoms with Crippen LogP contribution in [0.2, 0.25) is 0 Å². The zero-order chi connectivity index (χ0) is 59.8. The fraction of sp³-hybridized carbons (Fsp3) is 0.757. The van der Waals surface area contributed by atoms with Gasteiger partial charge < -0.3 is 24.2 Å². The van der Waals surface area contributed by atoms with Crippen LogP contribution in [-0.4, -0.2) is 66.5 Å². The Hall–Kier alpha value is -3.34. The van der Waals surface area contributed by atoms with E-state index in [9.17, 15) is 28.9 Å². The van der Waals surface area contributed by atoms with Crippen molar-refractivity contribution in [3.63, 3.8) is 0 Å². The number of hydrogen-bond acceptors (Lipinski definition) is 10. The van der Waals surface area contributed by atoms with Gasteiger partial charge in [-0.25, -0.2) is 4.57 Å². The highest BCUT2D eigenvalue weighted by Crippen LogP contribution is 2.43. The molecular weight excluding hydrogens is 1050 g/mol. The molecule has 474 valence electrons. The van der Waals surface area contributed by atoms with Gasteiger partial charge in [0, 0.05) is 19.3 Å². The molecule has 0 spiro atoms.